The SMILES string of the molecule is CCCCCC[C@@H](CC)[C@H](Cc1ccc2c(c1)OCO2)Nc1ncnc2ccc([N+](=O)[O-])cc12. The molecule has 1 aromatic heterocycles. The van der Waals surface area contributed by atoms with Crippen LogP contribution in [0.2, 0.25) is 0 Å². The highest BCUT2D eigenvalue weighted by Gasteiger charge is 2.23. The van der Waals surface area contributed by atoms with Gasteiger partial charge in [0.15, 0.2) is 11.5 Å². The first-order valence-corrected chi connectivity index (χ1v) is 12.1. The van der Waals surface area contributed by atoms with Gasteiger partial charge >= 0.3 is 0 Å². The minimum Gasteiger partial charge on any atom is -0.454 e. The Balaban J connectivity index is 1.63. The number of nitro groups is 1. The number of rotatable bonds is 12. The first kappa shape index (κ1) is 23.7. The van der Waals surface area contributed by atoms with E-state index in [0.717, 1.165) is 36.3 Å². The fourth-order valence-electron chi connectivity index (χ4n) is 4.63. The molecular weight excluding hydrogens is 432 g/mol. The molecule has 0 amide bonds. The molecule has 0 spiro atoms. The second-order valence-electron chi connectivity index (χ2n) is 8.84. The zero-order chi connectivity index (χ0) is 23.9. The second-order valence-corrected chi connectivity index (χ2v) is 8.84. The first-order chi connectivity index (χ1) is 16.6. The van der Waals surface area contributed by atoms with Crippen LogP contribution >= 0.6 is 0 Å². The highest BCUT2D eigenvalue weighted by molar-refractivity contribution is 5.90. The van der Waals surface area contributed by atoms with E-state index in [1.165, 1.54) is 38.1 Å². The molecule has 1 N–H and O–H groups in total. The summed E-state index contributed by atoms with van der Waals surface area (Å²) in [6.07, 6.45) is 9.30. The maximum atomic E-state index is 11.4. The highest BCUT2D eigenvalue weighted by Crippen LogP contribution is 2.34. The van der Waals surface area contributed by atoms with Crippen molar-refractivity contribution in [2.45, 2.75) is 64.8 Å². The van der Waals surface area contributed by atoms with Gasteiger partial charge in [0.2, 0.25) is 6.79 Å². The molecule has 3 aromatic rings. The van der Waals surface area contributed by atoms with Crippen LogP contribution in [0, 0.1) is 16.0 Å². The Hall–Kier alpha value is -3.42. The van der Waals surface area contributed by atoms with Crippen LogP contribution < -0.4 is 14.8 Å². The van der Waals surface area contributed by atoms with E-state index in [-0.39, 0.29) is 23.4 Å². The van der Waals surface area contributed by atoms with Crippen LogP contribution in [-0.4, -0.2) is 27.7 Å². The smallest absolute Gasteiger partial charge is 0.270 e. The van der Waals surface area contributed by atoms with Gasteiger partial charge in [-0.3, -0.25) is 10.1 Å². The second kappa shape index (κ2) is 11.1. The molecule has 1 aliphatic rings. The molecule has 1 aliphatic heterocycles. The van der Waals surface area contributed by atoms with Gasteiger partial charge in [-0.05, 0) is 42.5 Å². The Morgan fingerprint density at radius 3 is 2.71 bits per heavy atom. The van der Waals surface area contributed by atoms with E-state index < -0.39 is 0 Å². The third kappa shape index (κ3) is 5.55. The van der Waals surface area contributed by atoms with Crippen molar-refractivity contribution in [3.05, 3.63) is 58.4 Å². The van der Waals surface area contributed by atoms with Gasteiger partial charge in [0.05, 0.1) is 10.4 Å². The van der Waals surface area contributed by atoms with Crippen LogP contribution in [0.3, 0.4) is 0 Å². The maximum absolute atomic E-state index is 11.4. The number of nitrogens with zero attached hydrogens (tertiary/aromatic N) is 3. The van der Waals surface area contributed by atoms with Crippen molar-refractivity contribution in [1.29, 1.82) is 0 Å². The lowest BCUT2D eigenvalue weighted by Gasteiger charge is -2.28. The molecule has 0 saturated carbocycles. The van der Waals surface area contributed by atoms with Crippen LogP contribution in [-0.2, 0) is 6.42 Å². The average molecular weight is 465 g/mol. The van der Waals surface area contributed by atoms with Crippen LogP contribution in [0.15, 0.2) is 42.7 Å². The summed E-state index contributed by atoms with van der Waals surface area (Å²) < 4.78 is 11.1. The van der Waals surface area contributed by atoms with Crippen molar-refractivity contribution in [3.8, 4) is 11.5 Å². The zero-order valence-corrected chi connectivity index (χ0v) is 19.8. The zero-order valence-electron chi connectivity index (χ0n) is 19.8. The number of unbranched alkanes of at least 4 members (excludes halogenated alkanes) is 3. The number of non-ortho nitro benzene ring substituents is 1. The minimum atomic E-state index is -0.386. The van der Waals surface area contributed by atoms with Gasteiger partial charge in [0.1, 0.15) is 12.1 Å². The van der Waals surface area contributed by atoms with Crippen molar-refractivity contribution in [2.75, 3.05) is 12.1 Å². The lowest BCUT2D eigenvalue weighted by Crippen LogP contribution is -2.32. The molecule has 2 atom stereocenters. The average Bonchev–Trinajstić information content (AvgIpc) is 3.31. The molecule has 4 rings (SSSR count). The highest BCUT2D eigenvalue weighted by atomic mass is 16.7. The van der Waals surface area contributed by atoms with E-state index in [1.54, 1.807) is 12.1 Å². The van der Waals surface area contributed by atoms with E-state index in [9.17, 15) is 10.1 Å². The van der Waals surface area contributed by atoms with Crippen molar-refractivity contribution >= 4 is 22.4 Å². The number of anilines is 1. The van der Waals surface area contributed by atoms with Crippen molar-refractivity contribution in [3.63, 3.8) is 0 Å². The molecule has 0 aliphatic carbocycles. The van der Waals surface area contributed by atoms with Gasteiger partial charge in [-0.2, -0.15) is 0 Å². The molecule has 8 heteroatoms. The molecule has 34 heavy (non-hydrogen) atoms. The van der Waals surface area contributed by atoms with Gasteiger partial charge in [0.25, 0.3) is 5.69 Å². The Kier molecular flexibility index (Phi) is 7.77. The molecule has 2 aromatic carbocycles. The number of benzene rings is 2. The van der Waals surface area contributed by atoms with E-state index in [2.05, 4.69) is 35.2 Å². The fourth-order valence-corrected chi connectivity index (χ4v) is 4.63. The topological polar surface area (TPSA) is 99.4 Å². The first-order valence-electron chi connectivity index (χ1n) is 12.1. The summed E-state index contributed by atoms with van der Waals surface area (Å²) in [7, 11) is 0. The Labute approximate surface area is 199 Å². The summed E-state index contributed by atoms with van der Waals surface area (Å²) >= 11 is 0. The molecule has 8 nitrogen and oxygen atoms in total. The van der Waals surface area contributed by atoms with Crippen molar-refractivity contribution < 1.29 is 14.4 Å². The van der Waals surface area contributed by atoms with Gasteiger partial charge < -0.3 is 14.8 Å². The standard InChI is InChI=1S/C26H32N4O4/c1-3-5-6-7-8-19(4-2)23(13-18-9-12-24-25(14-18)34-17-33-24)29-26-21-15-20(30(31)32)10-11-22(21)27-16-28-26/h9-12,14-16,19,23H,3-8,13,17H2,1-2H3,(H,27,28,29)/t19-,23+/m1/s1. The third-order valence-corrected chi connectivity index (χ3v) is 6.57. The van der Waals surface area contributed by atoms with E-state index >= 15 is 0 Å². The normalized spacial score (nSPS) is 14.2. The number of nitro benzene ring substituents is 1. The summed E-state index contributed by atoms with van der Waals surface area (Å²) in [4.78, 5) is 19.8. The lowest BCUT2D eigenvalue weighted by atomic mass is 9.87. The van der Waals surface area contributed by atoms with Crippen LogP contribution in [0.1, 0.15) is 57.9 Å². The van der Waals surface area contributed by atoms with E-state index in [1.807, 2.05) is 12.1 Å². The minimum absolute atomic E-state index is 0.0317. The summed E-state index contributed by atoms with van der Waals surface area (Å²) in [6, 6.07) is 10.9. The van der Waals surface area contributed by atoms with Gasteiger partial charge in [0, 0.05) is 23.6 Å². The largest absolute Gasteiger partial charge is 0.454 e. The number of aromatic nitrogens is 2. The van der Waals surface area contributed by atoms with E-state index in [0.29, 0.717) is 22.6 Å². The Bertz CT molecular complexity index is 1140. The predicted molar refractivity (Wildman–Crippen MR) is 132 cm³/mol. The number of hydrogen-bond donors (Lipinski definition) is 1. The van der Waals surface area contributed by atoms with Crippen LogP contribution in [0.25, 0.3) is 10.9 Å². The molecule has 180 valence electrons. The number of fused-ring (bicyclic) bond motifs is 2. The molecular formula is C26H32N4O4. The summed E-state index contributed by atoms with van der Waals surface area (Å²) in [5.41, 5.74) is 1.86. The number of nitrogens with one attached hydrogen (secondary N) is 1. The summed E-state index contributed by atoms with van der Waals surface area (Å²) in [5.74, 6) is 2.60. The Morgan fingerprint density at radius 1 is 1.06 bits per heavy atom. The van der Waals surface area contributed by atoms with Crippen molar-refractivity contribution in [2.24, 2.45) is 5.92 Å². The quantitative estimate of drug-likeness (QED) is 0.191. The number of hydrogen-bond acceptors (Lipinski definition) is 7. The van der Waals surface area contributed by atoms with E-state index in [4.69, 9.17) is 9.47 Å². The molecule has 0 radical (unpaired) electrons. The van der Waals surface area contributed by atoms with Gasteiger partial charge in [-0.15, -0.1) is 0 Å². The maximum Gasteiger partial charge on any atom is 0.270 e. The van der Waals surface area contributed by atoms with Crippen LogP contribution in [0.4, 0.5) is 11.5 Å². The monoisotopic (exact) mass is 464 g/mol. The predicted octanol–water partition coefficient (Wildman–Crippen LogP) is 6.29. The van der Waals surface area contributed by atoms with Crippen molar-refractivity contribution in [1.82, 2.24) is 9.97 Å². The van der Waals surface area contributed by atoms with Gasteiger partial charge in [-0.25, -0.2) is 9.97 Å². The number of ether oxygens (including phenoxy) is 2. The fraction of sp³-hybridized carbons (Fsp3) is 0.462. The summed E-state index contributed by atoms with van der Waals surface area (Å²) in [5, 5.41) is 15.7. The van der Waals surface area contributed by atoms with Gasteiger partial charge in [-0.1, -0.05) is 52.0 Å². The Morgan fingerprint density at radius 2 is 1.91 bits per heavy atom. The molecule has 0 fully saturated rings. The molecule has 2 heterocycles. The molecule has 0 bridgehead atoms. The third-order valence-electron chi connectivity index (χ3n) is 6.57. The molecule has 0 unspecified atom stereocenters. The molecule has 0 saturated heterocycles. The van der Waals surface area contributed by atoms with Crippen LogP contribution in [0.5, 0.6) is 11.5 Å². The summed E-state index contributed by atoms with van der Waals surface area (Å²) in [6.45, 7) is 4.70. The lowest BCUT2D eigenvalue weighted by molar-refractivity contribution is -0.384.